The van der Waals surface area contributed by atoms with Crippen LogP contribution in [-0.4, -0.2) is 41.0 Å². The number of carbonyl (C=O) groups excluding carboxylic acids is 2. The highest BCUT2D eigenvalue weighted by Crippen LogP contribution is 2.36. The van der Waals surface area contributed by atoms with Crippen LogP contribution in [0.4, 0.5) is 0 Å². The Balaban J connectivity index is 3.89. The largest absolute Gasteiger partial charge is 0.469 e. The van der Waals surface area contributed by atoms with E-state index < -0.39 is 32.5 Å². The molecular formula is C38H75O8P. The van der Waals surface area contributed by atoms with Gasteiger partial charge in [-0.1, -0.05) is 175 Å². The van der Waals surface area contributed by atoms with Gasteiger partial charge in [0.25, 0.3) is 0 Å². The lowest BCUT2D eigenvalue weighted by Gasteiger charge is -2.18. The lowest BCUT2D eigenvalue weighted by molar-refractivity contribution is -0.161. The maximum Gasteiger partial charge on any atom is 0.469 e. The molecule has 0 heterocycles. The third-order valence-electron chi connectivity index (χ3n) is 8.73. The van der Waals surface area contributed by atoms with Crippen molar-refractivity contribution < 1.29 is 37.9 Å². The van der Waals surface area contributed by atoms with Crippen LogP contribution < -0.4 is 0 Å². The number of phosphoric ester groups is 1. The fraction of sp³-hybridized carbons (Fsp3) is 0.947. The van der Waals surface area contributed by atoms with E-state index in [0.717, 1.165) is 50.4 Å². The second-order valence-electron chi connectivity index (χ2n) is 14.6. The first-order valence-electron chi connectivity index (χ1n) is 19.5. The zero-order valence-corrected chi connectivity index (χ0v) is 31.9. The molecule has 1 atom stereocenters. The van der Waals surface area contributed by atoms with Crippen LogP contribution in [-0.2, 0) is 28.2 Å². The van der Waals surface area contributed by atoms with Crippen molar-refractivity contribution in [2.24, 2.45) is 11.8 Å². The molecular weight excluding hydrogens is 615 g/mol. The first-order chi connectivity index (χ1) is 22.5. The molecule has 0 unspecified atom stereocenters. The Morgan fingerprint density at radius 3 is 1.15 bits per heavy atom. The fourth-order valence-electron chi connectivity index (χ4n) is 5.80. The van der Waals surface area contributed by atoms with Crippen molar-refractivity contribution in [2.45, 2.75) is 207 Å². The Hall–Kier alpha value is -0.950. The summed E-state index contributed by atoms with van der Waals surface area (Å²) in [5, 5.41) is 0. The zero-order valence-electron chi connectivity index (χ0n) is 31.0. The van der Waals surface area contributed by atoms with Gasteiger partial charge in [-0.25, -0.2) is 4.57 Å². The predicted octanol–water partition coefficient (Wildman–Crippen LogP) is 11.4. The van der Waals surface area contributed by atoms with Crippen molar-refractivity contribution in [3.63, 3.8) is 0 Å². The summed E-state index contributed by atoms with van der Waals surface area (Å²) in [6, 6.07) is 0. The molecule has 0 saturated carbocycles. The molecule has 9 heteroatoms. The lowest BCUT2D eigenvalue weighted by atomic mass is 10.0. The average molecular weight is 691 g/mol. The molecule has 2 N–H and O–H groups in total. The van der Waals surface area contributed by atoms with Crippen LogP contribution in [0.3, 0.4) is 0 Å². The van der Waals surface area contributed by atoms with Gasteiger partial charge in [-0.3, -0.25) is 14.1 Å². The molecule has 0 bridgehead atoms. The maximum absolute atomic E-state index is 12.3. The number of hydrogen-bond acceptors (Lipinski definition) is 6. The fourth-order valence-corrected chi connectivity index (χ4v) is 6.16. The van der Waals surface area contributed by atoms with E-state index in [2.05, 4.69) is 32.2 Å². The second kappa shape index (κ2) is 32.3. The van der Waals surface area contributed by atoms with Crippen LogP contribution in [0.1, 0.15) is 201 Å². The van der Waals surface area contributed by atoms with Gasteiger partial charge in [0.15, 0.2) is 6.10 Å². The summed E-state index contributed by atoms with van der Waals surface area (Å²) in [5.41, 5.74) is 0. The van der Waals surface area contributed by atoms with Gasteiger partial charge in [0.05, 0.1) is 6.61 Å². The van der Waals surface area contributed by atoms with Gasteiger partial charge < -0.3 is 19.3 Å². The highest BCUT2D eigenvalue weighted by molar-refractivity contribution is 7.46. The summed E-state index contributed by atoms with van der Waals surface area (Å²) in [7, 11) is -4.74. The van der Waals surface area contributed by atoms with Gasteiger partial charge in [0.1, 0.15) is 6.61 Å². The molecule has 0 aliphatic rings. The topological polar surface area (TPSA) is 119 Å². The van der Waals surface area contributed by atoms with E-state index in [0.29, 0.717) is 6.42 Å². The van der Waals surface area contributed by atoms with Crippen molar-refractivity contribution in [3.8, 4) is 0 Å². The van der Waals surface area contributed by atoms with E-state index in [1.165, 1.54) is 116 Å². The number of phosphoric acid groups is 1. The molecule has 8 nitrogen and oxygen atoms in total. The standard InChI is InChI=1S/C38H75O8P/c1-34(2)28-24-20-16-12-9-7-5-6-8-10-14-18-22-26-30-37(39)44-32-36(33-45-47(41,42)43)46-38(40)31-27-23-19-15-11-13-17-21-25-29-35(3)4/h34-36H,5-33H2,1-4H3,(H2,41,42,43)/t36-/m1/s1. The molecule has 0 aromatic rings. The number of hydrogen-bond donors (Lipinski definition) is 2. The summed E-state index contributed by atoms with van der Waals surface area (Å²) in [5.74, 6) is 0.744. The van der Waals surface area contributed by atoms with Crippen molar-refractivity contribution in [1.29, 1.82) is 0 Å². The molecule has 0 rings (SSSR count). The van der Waals surface area contributed by atoms with Gasteiger partial charge in [-0.2, -0.15) is 0 Å². The Morgan fingerprint density at radius 2 is 0.809 bits per heavy atom. The minimum atomic E-state index is -4.74. The highest BCUT2D eigenvalue weighted by Gasteiger charge is 2.22. The quantitative estimate of drug-likeness (QED) is 0.0383. The molecule has 0 saturated heterocycles. The summed E-state index contributed by atoms with van der Waals surface area (Å²) >= 11 is 0. The smallest absolute Gasteiger partial charge is 0.462 e. The van der Waals surface area contributed by atoms with Gasteiger partial charge in [-0.05, 0) is 24.7 Å². The third-order valence-corrected chi connectivity index (χ3v) is 9.22. The highest BCUT2D eigenvalue weighted by atomic mass is 31.2. The van der Waals surface area contributed by atoms with E-state index in [1.807, 2.05) is 0 Å². The molecule has 47 heavy (non-hydrogen) atoms. The van der Waals surface area contributed by atoms with Gasteiger partial charge >= 0.3 is 19.8 Å². The second-order valence-corrected chi connectivity index (χ2v) is 15.8. The first-order valence-corrected chi connectivity index (χ1v) is 21.1. The van der Waals surface area contributed by atoms with E-state index in [9.17, 15) is 14.2 Å². The van der Waals surface area contributed by atoms with Crippen molar-refractivity contribution in [2.75, 3.05) is 13.2 Å². The van der Waals surface area contributed by atoms with Crippen LogP contribution >= 0.6 is 7.82 Å². The van der Waals surface area contributed by atoms with Crippen molar-refractivity contribution >= 4 is 19.8 Å². The minimum Gasteiger partial charge on any atom is -0.462 e. The van der Waals surface area contributed by atoms with E-state index >= 15 is 0 Å². The molecule has 0 amide bonds. The van der Waals surface area contributed by atoms with E-state index in [4.69, 9.17) is 19.3 Å². The van der Waals surface area contributed by atoms with Gasteiger partial charge in [-0.15, -0.1) is 0 Å². The lowest BCUT2D eigenvalue weighted by Crippen LogP contribution is -2.29. The van der Waals surface area contributed by atoms with E-state index in [1.54, 1.807) is 0 Å². The number of ether oxygens (including phenoxy) is 2. The molecule has 0 aliphatic heterocycles. The predicted molar refractivity (Wildman–Crippen MR) is 193 cm³/mol. The van der Waals surface area contributed by atoms with Crippen molar-refractivity contribution in [1.82, 2.24) is 0 Å². The first kappa shape index (κ1) is 46.0. The molecule has 0 aromatic carbocycles. The molecule has 0 aromatic heterocycles. The monoisotopic (exact) mass is 691 g/mol. The summed E-state index contributed by atoms with van der Waals surface area (Å²) in [4.78, 5) is 42.7. The average Bonchev–Trinajstić information content (AvgIpc) is 3.00. The summed E-state index contributed by atoms with van der Waals surface area (Å²) in [6.45, 7) is 8.33. The Bertz CT molecular complexity index is 767. The number of rotatable bonds is 35. The van der Waals surface area contributed by atoms with Crippen LogP contribution in [0.25, 0.3) is 0 Å². The molecule has 0 spiro atoms. The van der Waals surface area contributed by atoms with Gasteiger partial charge in [0, 0.05) is 12.8 Å². The normalized spacial score (nSPS) is 12.6. The number of unbranched alkanes of at least 4 members (excludes halogenated alkanes) is 21. The molecule has 280 valence electrons. The third kappa shape index (κ3) is 37.7. The molecule has 0 radical (unpaired) electrons. The van der Waals surface area contributed by atoms with Crippen LogP contribution in [0.5, 0.6) is 0 Å². The van der Waals surface area contributed by atoms with Crippen LogP contribution in [0.2, 0.25) is 0 Å². The number of esters is 2. The SMILES string of the molecule is CC(C)CCCCCCCCCCCCCCCCC(=O)OC[C@H](COP(=O)(O)O)OC(=O)CCCCCCCCCCCC(C)C. The van der Waals surface area contributed by atoms with Crippen LogP contribution in [0, 0.1) is 11.8 Å². The maximum atomic E-state index is 12.3. The van der Waals surface area contributed by atoms with Crippen molar-refractivity contribution in [3.05, 3.63) is 0 Å². The minimum absolute atomic E-state index is 0.217. The van der Waals surface area contributed by atoms with Gasteiger partial charge in [0.2, 0.25) is 0 Å². The summed E-state index contributed by atoms with van der Waals surface area (Å²) in [6.07, 6.45) is 29.8. The Morgan fingerprint density at radius 1 is 0.489 bits per heavy atom. The zero-order chi connectivity index (χ0) is 35.0. The Kier molecular flexibility index (Phi) is 31.6. The summed E-state index contributed by atoms with van der Waals surface area (Å²) < 4.78 is 26.3. The van der Waals surface area contributed by atoms with Crippen LogP contribution in [0.15, 0.2) is 0 Å². The van der Waals surface area contributed by atoms with E-state index in [-0.39, 0.29) is 19.4 Å². The Labute approximate surface area is 289 Å². The number of carbonyl (C=O) groups is 2. The molecule has 0 fully saturated rings. The molecule has 0 aliphatic carbocycles.